The number of methoxy groups -OCH3 is 1. The lowest BCUT2D eigenvalue weighted by Gasteiger charge is -2.32. The third-order valence-corrected chi connectivity index (χ3v) is 6.19. The second-order valence-corrected chi connectivity index (χ2v) is 8.50. The van der Waals surface area contributed by atoms with Gasteiger partial charge in [-0.2, -0.15) is 0 Å². The van der Waals surface area contributed by atoms with Crippen LogP contribution in [0.3, 0.4) is 0 Å². The van der Waals surface area contributed by atoms with Crippen LogP contribution in [0.15, 0.2) is 48.2 Å². The largest absolute Gasteiger partial charge is 0.383 e. The predicted molar refractivity (Wildman–Crippen MR) is 123 cm³/mol. The fourth-order valence-electron chi connectivity index (χ4n) is 4.38. The molecule has 0 bridgehead atoms. The molecule has 0 aromatic carbocycles. The molecule has 0 unspecified atom stereocenters. The van der Waals surface area contributed by atoms with Gasteiger partial charge >= 0.3 is 0 Å². The average molecular weight is 423 g/mol. The van der Waals surface area contributed by atoms with Crippen LogP contribution in [0.25, 0.3) is 0 Å². The van der Waals surface area contributed by atoms with Crippen molar-refractivity contribution < 1.29 is 4.74 Å². The lowest BCUT2D eigenvalue weighted by atomic mass is 9.95. The molecule has 0 radical (unpaired) electrons. The van der Waals surface area contributed by atoms with Crippen molar-refractivity contribution in [1.82, 2.24) is 24.6 Å². The second-order valence-electron chi connectivity index (χ2n) is 8.50. The van der Waals surface area contributed by atoms with Gasteiger partial charge in [0.2, 0.25) is 0 Å². The van der Waals surface area contributed by atoms with Crippen molar-refractivity contribution in [2.45, 2.75) is 44.7 Å². The van der Waals surface area contributed by atoms with Crippen molar-refractivity contribution in [1.29, 1.82) is 0 Å². The Hall–Kier alpha value is -2.51. The van der Waals surface area contributed by atoms with E-state index in [1.54, 1.807) is 7.11 Å². The Balaban J connectivity index is 1.49. The van der Waals surface area contributed by atoms with Gasteiger partial charge in [0.25, 0.3) is 0 Å². The van der Waals surface area contributed by atoms with Gasteiger partial charge in [0, 0.05) is 38.9 Å². The van der Waals surface area contributed by atoms with E-state index >= 15 is 0 Å². The van der Waals surface area contributed by atoms with E-state index in [-0.39, 0.29) is 0 Å². The van der Waals surface area contributed by atoms with Crippen LogP contribution < -0.4 is 4.90 Å². The maximum Gasteiger partial charge on any atom is 0.147 e. The molecule has 0 amide bonds. The highest BCUT2D eigenvalue weighted by Gasteiger charge is 2.27. The summed E-state index contributed by atoms with van der Waals surface area (Å²) in [4.78, 5) is 9.15. The second kappa shape index (κ2) is 10.7. The molecule has 0 N–H and O–H groups in total. The molecular formula is C24H34N6O. The van der Waals surface area contributed by atoms with Crippen LogP contribution in [0, 0.1) is 0 Å². The summed E-state index contributed by atoms with van der Waals surface area (Å²) in [5.74, 6) is 3.68. The first-order valence-corrected chi connectivity index (χ1v) is 11.4. The standard InChI is InChI=1S/C24H34N6O/c1-28(16-17-31-2)19-23-26-27-24(30(23)18-20-8-4-3-5-9-20)21-11-14-29(15-12-21)22-10-6-7-13-25-22/h4,6-10,13,21H,3,5,11-12,14-19H2,1-2H3. The summed E-state index contributed by atoms with van der Waals surface area (Å²) in [5.41, 5.74) is 1.36. The van der Waals surface area contributed by atoms with E-state index in [2.05, 4.69) is 61.9 Å². The third-order valence-electron chi connectivity index (χ3n) is 6.19. The van der Waals surface area contributed by atoms with Gasteiger partial charge in [-0.05, 0) is 50.4 Å². The number of hydrogen-bond donors (Lipinski definition) is 0. The molecule has 1 saturated heterocycles. The quantitative estimate of drug-likeness (QED) is 0.617. The number of aromatic nitrogens is 4. The van der Waals surface area contributed by atoms with E-state index < -0.39 is 0 Å². The molecule has 0 saturated carbocycles. The Morgan fingerprint density at radius 2 is 2.03 bits per heavy atom. The van der Waals surface area contributed by atoms with E-state index in [1.165, 1.54) is 5.57 Å². The van der Waals surface area contributed by atoms with Crippen LogP contribution in [0.4, 0.5) is 5.82 Å². The van der Waals surface area contributed by atoms with E-state index in [9.17, 15) is 0 Å². The number of pyridine rings is 1. The third kappa shape index (κ3) is 5.60. The maximum atomic E-state index is 5.24. The highest BCUT2D eigenvalue weighted by atomic mass is 16.5. The zero-order valence-corrected chi connectivity index (χ0v) is 18.8. The monoisotopic (exact) mass is 422 g/mol. The van der Waals surface area contributed by atoms with Gasteiger partial charge in [-0.3, -0.25) is 4.90 Å². The number of likely N-dealkylation sites (N-methyl/N-ethyl adjacent to an activating group) is 1. The van der Waals surface area contributed by atoms with Crippen molar-refractivity contribution in [3.63, 3.8) is 0 Å². The first-order valence-electron chi connectivity index (χ1n) is 11.4. The first-order chi connectivity index (χ1) is 15.2. The minimum Gasteiger partial charge on any atom is -0.383 e. The summed E-state index contributed by atoms with van der Waals surface area (Å²) >= 11 is 0. The molecular weight excluding hydrogens is 388 g/mol. The first kappa shape index (κ1) is 21.7. The highest BCUT2D eigenvalue weighted by molar-refractivity contribution is 5.38. The predicted octanol–water partition coefficient (Wildman–Crippen LogP) is 3.41. The van der Waals surface area contributed by atoms with Gasteiger partial charge in [0.15, 0.2) is 0 Å². The molecule has 3 heterocycles. The fraction of sp³-hybridized carbons (Fsp3) is 0.542. The Morgan fingerprint density at radius 1 is 1.16 bits per heavy atom. The van der Waals surface area contributed by atoms with Crippen molar-refractivity contribution >= 4 is 5.82 Å². The summed E-state index contributed by atoms with van der Waals surface area (Å²) in [5, 5.41) is 9.34. The molecule has 2 aromatic heterocycles. The highest BCUT2D eigenvalue weighted by Crippen LogP contribution is 2.30. The molecule has 2 aliphatic rings. The number of nitrogens with zero attached hydrogens (tertiary/aromatic N) is 6. The van der Waals surface area contributed by atoms with Gasteiger partial charge < -0.3 is 14.2 Å². The van der Waals surface area contributed by atoms with E-state index in [0.29, 0.717) is 5.92 Å². The zero-order chi connectivity index (χ0) is 21.5. The Labute approximate surface area is 185 Å². The Morgan fingerprint density at radius 3 is 2.74 bits per heavy atom. The van der Waals surface area contributed by atoms with Gasteiger partial charge in [-0.25, -0.2) is 4.98 Å². The molecule has 2 aromatic rings. The van der Waals surface area contributed by atoms with Gasteiger partial charge in [-0.1, -0.05) is 24.3 Å². The SMILES string of the molecule is COCCN(C)Cc1nnc(C2CCN(c3ccccn3)CC2)n1CC1=CCCC=C1. The Kier molecular flexibility index (Phi) is 7.48. The number of anilines is 1. The minimum absolute atomic E-state index is 0.429. The van der Waals surface area contributed by atoms with E-state index in [0.717, 1.165) is 82.5 Å². The number of rotatable bonds is 9. The molecule has 7 nitrogen and oxygen atoms in total. The number of piperidine rings is 1. The molecule has 31 heavy (non-hydrogen) atoms. The van der Waals surface area contributed by atoms with Crippen molar-refractivity contribution in [3.8, 4) is 0 Å². The molecule has 4 rings (SSSR count). The van der Waals surface area contributed by atoms with Crippen LogP contribution in [-0.4, -0.2) is 65.0 Å². The molecule has 1 aliphatic heterocycles. The van der Waals surface area contributed by atoms with Crippen molar-refractivity contribution in [3.05, 3.63) is 59.8 Å². The molecule has 7 heteroatoms. The van der Waals surface area contributed by atoms with Gasteiger partial charge in [-0.15, -0.1) is 10.2 Å². The van der Waals surface area contributed by atoms with Crippen molar-refractivity contribution in [2.24, 2.45) is 0 Å². The van der Waals surface area contributed by atoms with Crippen LogP contribution in [0.1, 0.15) is 43.3 Å². The van der Waals surface area contributed by atoms with Crippen molar-refractivity contribution in [2.75, 3.05) is 45.3 Å². The molecule has 1 aliphatic carbocycles. The molecule has 0 atom stereocenters. The smallest absolute Gasteiger partial charge is 0.147 e. The van der Waals surface area contributed by atoms with E-state index in [1.807, 2.05) is 12.3 Å². The fourth-order valence-corrected chi connectivity index (χ4v) is 4.38. The van der Waals surface area contributed by atoms with Crippen LogP contribution in [-0.2, 0) is 17.8 Å². The summed E-state index contributed by atoms with van der Waals surface area (Å²) in [6, 6.07) is 6.12. The summed E-state index contributed by atoms with van der Waals surface area (Å²) in [6.45, 7) is 5.23. The normalized spacial score (nSPS) is 17.4. The van der Waals surface area contributed by atoms with Gasteiger partial charge in [0.1, 0.15) is 17.5 Å². The number of hydrogen-bond acceptors (Lipinski definition) is 6. The lowest BCUT2D eigenvalue weighted by Crippen LogP contribution is -2.34. The summed E-state index contributed by atoms with van der Waals surface area (Å²) in [6.07, 6.45) is 13.2. The lowest BCUT2D eigenvalue weighted by molar-refractivity contribution is 0.156. The summed E-state index contributed by atoms with van der Waals surface area (Å²) in [7, 11) is 3.86. The van der Waals surface area contributed by atoms with Gasteiger partial charge in [0.05, 0.1) is 19.7 Å². The average Bonchev–Trinajstić information content (AvgIpc) is 3.21. The zero-order valence-electron chi connectivity index (χ0n) is 18.8. The van der Waals surface area contributed by atoms with Crippen LogP contribution in [0.2, 0.25) is 0 Å². The van der Waals surface area contributed by atoms with Crippen LogP contribution in [0.5, 0.6) is 0 Å². The van der Waals surface area contributed by atoms with E-state index in [4.69, 9.17) is 9.84 Å². The topological polar surface area (TPSA) is 59.3 Å². The molecule has 166 valence electrons. The number of ether oxygens (including phenoxy) is 1. The number of allylic oxidation sites excluding steroid dienone is 4. The van der Waals surface area contributed by atoms with Crippen LogP contribution >= 0.6 is 0 Å². The summed E-state index contributed by atoms with van der Waals surface area (Å²) < 4.78 is 7.60. The maximum absolute atomic E-state index is 5.24. The Bertz CT molecular complexity index is 883. The minimum atomic E-state index is 0.429. The molecule has 0 spiro atoms. The molecule has 1 fully saturated rings.